The molecule has 1 unspecified atom stereocenters. The maximum atomic E-state index is 13.5. The van der Waals surface area contributed by atoms with Gasteiger partial charge in [-0.3, -0.25) is 9.59 Å². The SMILES string of the molecule is CC1CCc2c(N3CCN(C(=O)C(F)(F)C(F)(F)F)CC3)c(Cl)cc3c(=O)c(C(=O)O)cn1c23. The summed E-state index contributed by atoms with van der Waals surface area (Å²) in [6.45, 7) is 1.02. The van der Waals surface area contributed by atoms with E-state index in [0.717, 1.165) is 0 Å². The fraction of sp³-hybridized carbons (Fsp3) is 0.476. The van der Waals surface area contributed by atoms with E-state index in [9.17, 15) is 41.4 Å². The lowest BCUT2D eigenvalue weighted by Crippen LogP contribution is -2.57. The Bertz CT molecular complexity index is 1250. The number of amides is 1. The van der Waals surface area contributed by atoms with Crippen LogP contribution in [-0.4, -0.2) is 64.7 Å². The number of carboxylic acid groups (broad SMARTS) is 1. The summed E-state index contributed by atoms with van der Waals surface area (Å²) in [7, 11) is 0. The maximum absolute atomic E-state index is 13.5. The van der Waals surface area contributed by atoms with Gasteiger partial charge in [0.2, 0.25) is 5.43 Å². The number of aryl methyl sites for hydroxylation is 1. The second-order valence-electron chi connectivity index (χ2n) is 8.41. The number of piperazine rings is 1. The Labute approximate surface area is 194 Å². The lowest BCUT2D eigenvalue weighted by atomic mass is 9.93. The van der Waals surface area contributed by atoms with Crippen LogP contribution in [0.2, 0.25) is 5.02 Å². The van der Waals surface area contributed by atoms with Crippen LogP contribution in [0.15, 0.2) is 17.1 Å². The predicted molar refractivity (Wildman–Crippen MR) is 113 cm³/mol. The minimum atomic E-state index is -5.98. The molecule has 184 valence electrons. The van der Waals surface area contributed by atoms with Gasteiger partial charge in [0.1, 0.15) is 5.56 Å². The molecular weight excluding hydrogens is 489 g/mol. The molecule has 3 heterocycles. The summed E-state index contributed by atoms with van der Waals surface area (Å²) in [5.41, 5.74) is 0.582. The number of anilines is 1. The number of hydrogen-bond acceptors (Lipinski definition) is 4. The van der Waals surface area contributed by atoms with Crippen LogP contribution < -0.4 is 10.3 Å². The molecule has 7 nitrogen and oxygen atoms in total. The molecule has 0 spiro atoms. The maximum Gasteiger partial charge on any atom is 0.463 e. The summed E-state index contributed by atoms with van der Waals surface area (Å²) >= 11 is 6.48. The lowest BCUT2D eigenvalue weighted by Gasteiger charge is -2.39. The number of aromatic nitrogens is 1. The highest BCUT2D eigenvalue weighted by atomic mass is 35.5. The first-order valence-corrected chi connectivity index (χ1v) is 10.8. The van der Waals surface area contributed by atoms with Gasteiger partial charge >= 0.3 is 24.0 Å². The third kappa shape index (κ3) is 3.68. The third-order valence-electron chi connectivity index (χ3n) is 6.36. The Balaban J connectivity index is 1.72. The minimum Gasteiger partial charge on any atom is -0.477 e. The number of rotatable bonds is 3. The topological polar surface area (TPSA) is 82.8 Å². The number of aromatic carboxylic acids is 1. The number of carbonyl (C=O) groups is 2. The Morgan fingerprint density at radius 1 is 1.12 bits per heavy atom. The molecule has 0 aliphatic carbocycles. The van der Waals surface area contributed by atoms with Gasteiger partial charge in [-0.1, -0.05) is 11.6 Å². The van der Waals surface area contributed by atoms with Crippen LogP contribution >= 0.6 is 11.6 Å². The molecule has 34 heavy (non-hydrogen) atoms. The molecule has 4 rings (SSSR count). The standard InChI is InChI=1S/C21H19ClF5N3O4/c1-10-2-3-11-15-12(17(31)13(18(32)33)9-30(10)15)8-14(22)16(11)28-4-6-29(7-5-28)19(34)20(23,24)21(25,26)27/h8-10H,2-7H2,1H3,(H,32,33). The van der Waals surface area contributed by atoms with E-state index >= 15 is 0 Å². The number of alkyl halides is 5. The van der Waals surface area contributed by atoms with Crippen LogP contribution in [0, 0.1) is 0 Å². The highest BCUT2D eigenvalue weighted by Crippen LogP contribution is 2.42. The highest BCUT2D eigenvalue weighted by molar-refractivity contribution is 6.34. The zero-order chi connectivity index (χ0) is 25.2. The quantitative estimate of drug-likeness (QED) is 0.641. The molecule has 1 saturated heterocycles. The van der Waals surface area contributed by atoms with E-state index in [1.165, 1.54) is 12.3 Å². The summed E-state index contributed by atoms with van der Waals surface area (Å²) in [6, 6.07) is 1.25. The van der Waals surface area contributed by atoms with Crippen molar-refractivity contribution in [2.45, 2.75) is 37.9 Å². The van der Waals surface area contributed by atoms with Crippen LogP contribution in [-0.2, 0) is 11.2 Å². The summed E-state index contributed by atoms with van der Waals surface area (Å²) in [6.07, 6.45) is -3.60. The van der Waals surface area contributed by atoms with Crippen LogP contribution in [0.1, 0.15) is 35.3 Å². The molecule has 2 aromatic rings. The molecule has 2 aliphatic rings. The fourth-order valence-corrected chi connectivity index (χ4v) is 4.92. The number of benzene rings is 1. The van der Waals surface area contributed by atoms with Gasteiger partial charge in [0.15, 0.2) is 0 Å². The summed E-state index contributed by atoms with van der Waals surface area (Å²) in [5.74, 6) is -9.14. The average molecular weight is 508 g/mol. The van der Waals surface area contributed by atoms with E-state index in [-0.39, 0.29) is 42.6 Å². The van der Waals surface area contributed by atoms with Crippen molar-refractivity contribution in [1.29, 1.82) is 0 Å². The highest BCUT2D eigenvalue weighted by Gasteiger charge is 2.64. The van der Waals surface area contributed by atoms with Crippen molar-refractivity contribution in [2.75, 3.05) is 31.1 Å². The van der Waals surface area contributed by atoms with Crippen molar-refractivity contribution in [3.63, 3.8) is 0 Å². The van der Waals surface area contributed by atoms with Crippen LogP contribution in [0.25, 0.3) is 10.9 Å². The van der Waals surface area contributed by atoms with Crippen molar-refractivity contribution < 1.29 is 36.6 Å². The first kappa shape index (κ1) is 24.2. The third-order valence-corrected chi connectivity index (χ3v) is 6.65. The number of nitrogens with zero attached hydrogens (tertiary/aromatic N) is 3. The minimum absolute atomic E-state index is 0.0507. The fourth-order valence-electron chi connectivity index (χ4n) is 4.58. The van der Waals surface area contributed by atoms with Crippen molar-refractivity contribution in [3.05, 3.63) is 38.6 Å². The Kier molecular flexibility index (Phi) is 5.78. The van der Waals surface area contributed by atoms with E-state index in [2.05, 4.69) is 0 Å². The van der Waals surface area contributed by atoms with Crippen molar-refractivity contribution >= 4 is 40.1 Å². The summed E-state index contributed by atoms with van der Waals surface area (Å²) in [4.78, 5) is 38.3. The monoisotopic (exact) mass is 507 g/mol. The number of halogens is 6. The van der Waals surface area contributed by atoms with Crippen molar-refractivity contribution in [3.8, 4) is 0 Å². The van der Waals surface area contributed by atoms with Crippen LogP contribution in [0.3, 0.4) is 0 Å². The number of carbonyl (C=O) groups excluding carboxylic acids is 1. The van der Waals surface area contributed by atoms with Gasteiger partial charge in [0.05, 0.1) is 16.2 Å². The zero-order valence-electron chi connectivity index (χ0n) is 17.8. The molecule has 0 saturated carbocycles. The normalized spacial score (nSPS) is 19.0. The molecule has 1 amide bonds. The predicted octanol–water partition coefficient (Wildman–Crippen LogP) is 3.71. The largest absolute Gasteiger partial charge is 0.477 e. The van der Waals surface area contributed by atoms with Gasteiger partial charge in [-0.25, -0.2) is 4.79 Å². The molecule has 1 fully saturated rings. The number of hydrogen-bond donors (Lipinski definition) is 1. The molecule has 2 aliphatic heterocycles. The second-order valence-corrected chi connectivity index (χ2v) is 8.81. The Morgan fingerprint density at radius 3 is 2.29 bits per heavy atom. The molecule has 13 heteroatoms. The molecule has 1 N–H and O–H groups in total. The number of pyridine rings is 1. The van der Waals surface area contributed by atoms with E-state index < -0.39 is 35.0 Å². The number of carboxylic acids is 1. The summed E-state index contributed by atoms with van der Waals surface area (Å²) in [5, 5.41) is 9.67. The molecule has 0 bridgehead atoms. The van der Waals surface area contributed by atoms with E-state index in [4.69, 9.17) is 11.6 Å². The van der Waals surface area contributed by atoms with Crippen molar-refractivity contribution in [1.82, 2.24) is 9.47 Å². The Hall–Kier alpha value is -2.89. The van der Waals surface area contributed by atoms with Gasteiger partial charge in [0, 0.05) is 49.4 Å². The van der Waals surface area contributed by atoms with E-state index in [1.807, 2.05) is 6.92 Å². The first-order chi connectivity index (χ1) is 15.8. The molecule has 1 atom stereocenters. The summed E-state index contributed by atoms with van der Waals surface area (Å²) < 4.78 is 66.4. The molecule has 1 aromatic carbocycles. The zero-order valence-corrected chi connectivity index (χ0v) is 18.5. The van der Waals surface area contributed by atoms with Gasteiger partial charge < -0.3 is 19.5 Å². The first-order valence-electron chi connectivity index (χ1n) is 10.4. The van der Waals surface area contributed by atoms with Crippen LogP contribution in [0.4, 0.5) is 27.6 Å². The smallest absolute Gasteiger partial charge is 0.463 e. The lowest BCUT2D eigenvalue weighted by molar-refractivity contribution is -0.274. The van der Waals surface area contributed by atoms with Gasteiger partial charge in [0.25, 0.3) is 0 Å². The Morgan fingerprint density at radius 2 is 1.74 bits per heavy atom. The second kappa shape index (κ2) is 8.10. The van der Waals surface area contributed by atoms with Gasteiger partial charge in [-0.05, 0) is 25.8 Å². The van der Waals surface area contributed by atoms with Gasteiger partial charge in [-0.2, -0.15) is 22.0 Å². The van der Waals surface area contributed by atoms with Crippen LogP contribution in [0.5, 0.6) is 0 Å². The molecule has 1 aromatic heterocycles. The van der Waals surface area contributed by atoms with E-state index in [1.54, 1.807) is 9.47 Å². The van der Waals surface area contributed by atoms with Crippen molar-refractivity contribution in [2.24, 2.45) is 0 Å². The molecule has 0 radical (unpaired) electrons. The molecular formula is C21H19ClF5N3O4. The average Bonchev–Trinajstić information content (AvgIpc) is 2.76. The van der Waals surface area contributed by atoms with Gasteiger partial charge in [-0.15, -0.1) is 0 Å². The van der Waals surface area contributed by atoms with E-state index in [0.29, 0.717) is 34.5 Å².